The first-order valence-corrected chi connectivity index (χ1v) is 11.3. The highest BCUT2D eigenvalue weighted by Crippen LogP contribution is 2.33. The minimum Gasteiger partial charge on any atom is -0.419 e. The van der Waals surface area contributed by atoms with Gasteiger partial charge in [-0.15, -0.1) is 0 Å². The lowest BCUT2D eigenvalue weighted by Gasteiger charge is -2.06. The van der Waals surface area contributed by atoms with Gasteiger partial charge >= 0.3 is 0 Å². The lowest BCUT2D eigenvalue weighted by Crippen LogP contribution is -2.07. The van der Waals surface area contributed by atoms with E-state index in [0.29, 0.717) is 12.1 Å². The molecule has 0 bridgehead atoms. The van der Waals surface area contributed by atoms with Gasteiger partial charge in [0, 0.05) is 16.6 Å². The normalized spacial score (nSPS) is 11.4. The van der Waals surface area contributed by atoms with Gasteiger partial charge in [-0.1, -0.05) is 52.3 Å². The van der Waals surface area contributed by atoms with Crippen LogP contribution in [0.2, 0.25) is 0 Å². The fourth-order valence-corrected chi connectivity index (χ4v) is 4.53. The fourth-order valence-electron chi connectivity index (χ4n) is 2.85. The van der Waals surface area contributed by atoms with E-state index in [1.165, 1.54) is 12.1 Å². The minimum atomic E-state index is -4.03. The first-order valence-electron chi connectivity index (χ1n) is 8.99. The molecule has 30 heavy (non-hydrogen) atoms. The number of anilines is 1. The zero-order valence-electron chi connectivity index (χ0n) is 15.5. The molecule has 0 aliphatic rings. The Bertz CT molecular complexity index is 1270. The van der Waals surface area contributed by atoms with Gasteiger partial charge in [0.05, 0.1) is 4.90 Å². The Kier molecular flexibility index (Phi) is 5.69. The van der Waals surface area contributed by atoms with Crippen molar-refractivity contribution < 1.29 is 17.2 Å². The van der Waals surface area contributed by atoms with Crippen molar-refractivity contribution in [2.24, 2.45) is 0 Å². The summed E-state index contributed by atoms with van der Waals surface area (Å²) in [5, 5.41) is 2.78. The highest BCUT2D eigenvalue weighted by atomic mass is 79.9. The molecule has 8 heteroatoms. The Hall–Kier alpha value is -2.97. The van der Waals surface area contributed by atoms with Crippen LogP contribution in [0.3, 0.4) is 0 Å². The molecule has 0 spiro atoms. The number of hydrogen-bond acceptors (Lipinski definition) is 5. The Morgan fingerprint density at radius 2 is 1.70 bits per heavy atom. The smallest absolute Gasteiger partial charge is 0.234 e. The molecule has 1 N–H and O–H groups in total. The maximum Gasteiger partial charge on any atom is 0.234 e. The molecule has 0 aliphatic carbocycles. The molecule has 0 saturated carbocycles. The quantitative estimate of drug-likeness (QED) is 0.354. The van der Waals surface area contributed by atoms with Crippen molar-refractivity contribution in [3.8, 4) is 11.5 Å². The number of hydrogen-bond donors (Lipinski definition) is 1. The number of rotatable bonds is 6. The highest BCUT2D eigenvalue weighted by Gasteiger charge is 2.28. The third-order valence-corrected chi connectivity index (χ3v) is 6.51. The molecule has 0 amide bonds. The van der Waals surface area contributed by atoms with Crippen LogP contribution < -0.4 is 5.32 Å². The average molecular weight is 487 g/mol. The van der Waals surface area contributed by atoms with Crippen molar-refractivity contribution in [3.05, 3.63) is 94.7 Å². The maximum atomic E-state index is 13.3. The predicted molar refractivity (Wildman–Crippen MR) is 115 cm³/mol. The van der Waals surface area contributed by atoms with Gasteiger partial charge in [0.25, 0.3) is 0 Å². The van der Waals surface area contributed by atoms with Crippen molar-refractivity contribution in [3.63, 3.8) is 0 Å². The Morgan fingerprint density at radius 1 is 0.967 bits per heavy atom. The van der Waals surface area contributed by atoms with E-state index in [-0.39, 0.29) is 21.7 Å². The predicted octanol–water partition coefficient (Wildman–Crippen LogP) is 5.69. The Balaban J connectivity index is 1.77. The summed E-state index contributed by atoms with van der Waals surface area (Å²) in [6.07, 6.45) is 0. The van der Waals surface area contributed by atoms with Gasteiger partial charge in [0.2, 0.25) is 26.6 Å². The second-order valence-corrected chi connectivity index (χ2v) is 9.24. The molecule has 4 aromatic rings. The molecule has 0 atom stereocenters. The summed E-state index contributed by atoms with van der Waals surface area (Å²) >= 11 is 3.39. The molecule has 5 nitrogen and oxygen atoms in total. The zero-order chi connectivity index (χ0) is 21.1. The fraction of sp³-hybridized carbons (Fsp3) is 0.0455. The second kappa shape index (κ2) is 8.41. The standard InChI is InChI=1S/C22H16BrFN2O3S/c23-17-8-4-7-16(13-17)20-26-22(30(27,28)19-11-9-18(24)10-12-19)21(29-20)25-14-15-5-2-1-3-6-15/h1-13,25H,14H2. The summed E-state index contributed by atoms with van der Waals surface area (Å²) in [6, 6.07) is 21.3. The molecule has 0 unspecified atom stereocenters. The number of oxazole rings is 1. The van der Waals surface area contributed by atoms with Crippen LogP contribution in [0.1, 0.15) is 5.56 Å². The van der Waals surface area contributed by atoms with Crippen LogP contribution in [0.25, 0.3) is 11.5 Å². The summed E-state index contributed by atoms with van der Waals surface area (Å²) in [5.41, 5.74) is 1.57. The SMILES string of the molecule is O=S(=O)(c1ccc(F)cc1)c1nc(-c2cccc(Br)c2)oc1NCc1ccccc1. The highest BCUT2D eigenvalue weighted by molar-refractivity contribution is 9.10. The molecule has 4 rings (SSSR count). The van der Waals surface area contributed by atoms with Gasteiger partial charge in [-0.3, -0.25) is 0 Å². The van der Waals surface area contributed by atoms with E-state index in [1.54, 1.807) is 18.2 Å². The molecule has 152 valence electrons. The first-order chi connectivity index (χ1) is 14.4. The van der Waals surface area contributed by atoms with E-state index in [9.17, 15) is 12.8 Å². The van der Waals surface area contributed by atoms with Gasteiger partial charge in [-0.05, 0) is 48.0 Å². The number of nitrogens with zero attached hydrogens (tertiary/aromatic N) is 1. The number of benzene rings is 3. The van der Waals surface area contributed by atoms with Crippen LogP contribution in [0.15, 0.2) is 97.7 Å². The lowest BCUT2D eigenvalue weighted by atomic mass is 10.2. The Morgan fingerprint density at radius 3 is 2.40 bits per heavy atom. The van der Waals surface area contributed by atoms with Crippen LogP contribution in [0.5, 0.6) is 0 Å². The van der Waals surface area contributed by atoms with E-state index in [0.717, 1.165) is 22.2 Å². The van der Waals surface area contributed by atoms with E-state index in [1.807, 2.05) is 36.4 Å². The summed E-state index contributed by atoms with van der Waals surface area (Å²) in [4.78, 5) is 4.20. The molecule has 1 heterocycles. The second-order valence-electron chi connectivity index (χ2n) is 6.46. The number of sulfone groups is 1. The van der Waals surface area contributed by atoms with Crippen LogP contribution in [-0.2, 0) is 16.4 Å². The largest absolute Gasteiger partial charge is 0.419 e. The van der Waals surface area contributed by atoms with Crippen molar-refractivity contribution in [2.45, 2.75) is 16.5 Å². The summed E-state index contributed by atoms with van der Waals surface area (Å²) in [6.45, 7) is 0.347. The van der Waals surface area contributed by atoms with Gasteiger partial charge in [0.15, 0.2) is 0 Å². The average Bonchev–Trinajstić information content (AvgIpc) is 3.19. The van der Waals surface area contributed by atoms with Crippen LogP contribution >= 0.6 is 15.9 Å². The molecule has 3 aromatic carbocycles. The molecular weight excluding hydrogens is 471 g/mol. The van der Waals surface area contributed by atoms with Crippen LogP contribution in [-0.4, -0.2) is 13.4 Å². The van der Waals surface area contributed by atoms with Gasteiger partial charge in [0.1, 0.15) is 5.82 Å². The molecular formula is C22H16BrFN2O3S. The third kappa shape index (κ3) is 4.29. The molecule has 1 aromatic heterocycles. The van der Waals surface area contributed by atoms with Crippen molar-refractivity contribution in [2.75, 3.05) is 5.32 Å². The molecule has 0 aliphatic heterocycles. The summed E-state index contributed by atoms with van der Waals surface area (Å²) in [7, 11) is -4.03. The van der Waals surface area contributed by atoms with E-state index in [2.05, 4.69) is 26.2 Å². The van der Waals surface area contributed by atoms with Crippen LogP contribution in [0.4, 0.5) is 10.3 Å². The summed E-state index contributed by atoms with van der Waals surface area (Å²) in [5.74, 6) is -0.336. The van der Waals surface area contributed by atoms with E-state index < -0.39 is 15.7 Å². The van der Waals surface area contributed by atoms with Crippen molar-refractivity contribution in [1.82, 2.24) is 4.98 Å². The Labute approximate surface area is 181 Å². The third-order valence-electron chi connectivity index (χ3n) is 4.34. The minimum absolute atomic E-state index is 0.0261. The molecule has 0 saturated heterocycles. The van der Waals surface area contributed by atoms with Gasteiger partial charge < -0.3 is 9.73 Å². The first kappa shape index (κ1) is 20.3. The van der Waals surface area contributed by atoms with Crippen LogP contribution in [0, 0.1) is 5.82 Å². The zero-order valence-corrected chi connectivity index (χ0v) is 18.0. The molecule has 0 fully saturated rings. The van der Waals surface area contributed by atoms with Crippen molar-refractivity contribution in [1.29, 1.82) is 0 Å². The topological polar surface area (TPSA) is 72.2 Å². The van der Waals surface area contributed by atoms with Crippen molar-refractivity contribution >= 4 is 31.7 Å². The van der Waals surface area contributed by atoms with Gasteiger partial charge in [-0.25, -0.2) is 12.8 Å². The molecule has 0 radical (unpaired) electrons. The van der Waals surface area contributed by atoms with Gasteiger partial charge in [-0.2, -0.15) is 4.98 Å². The monoisotopic (exact) mass is 486 g/mol. The number of halogens is 2. The number of nitrogens with one attached hydrogen (secondary N) is 1. The van der Waals surface area contributed by atoms with E-state index in [4.69, 9.17) is 4.42 Å². The summed E-state index contributed by atoms with van der Waals surface area (Å²) < 4.78 is 46.3. The van der Waals surface area contributed by atoms with E-state index >= 15 is 0 Å². The maximum absolute atomic E-state index is 13.3. The number of aromatic nitrogens is 1. The lowest BCUT2D eigenvalue weighted by molar-refractivity contribution is 0.576.